The molecule has 0 spiro atoms. The third kappa shape index (κ3) is 3.58. The molecular formula is C14H24N4O2. The highest BCUT2D eigenvalue weighted by Gasteiger charge is 2.21. The smallest absolute Gasteiger partial charge is 0.339 e. The average Bonchev–Trinajstić information content (AvgIpc) is 2.73. The zero-order chi connectivity index (χ0) is 14.7. The Morgan fingerprint density at radius 1 is 1.30 bits per heavy atom. The van der Waals surface area contributed by atoms with E-state index in [-0.39, 0.29) is 0 Å². The molecule has 1 fully saturated rings. The normalized spacial score (nSPS) is 17.8. The van der Waals surface area contributed by atoms with Crippen LogP contribution < -0.4 is 0 Å². The minimum Gasteiger partial charge on any atom is -0.478 e. The number of piperazine rings is 1. The minimum absolute atomic E-state index is 0.317. The number of rotatable bonds is 5. The molecule has 1 saturated heterocycles. The van der Waals surface area contributed by atoms with Gasteiger partial charge in [-0.25, -0.2) is 4.79 Å². The lowest BCUT2D eigenvalue weighted by atomic mass is 10.2. The highest BCUT2D eigenvalue weighted by atomic mass is 16.4. The van der Waals surface area contributed by atoms with E-state index in [1.165, 1.54) is 6.20 Å². The second-order valence-electron chi connectivity index (χ2n) is 5.90. The van der Waals surface area contributed by atoms with Gasteiger partial charge in [-0.3, -0.25) is 9.58 Å². The summed E-state index contributed by atoms with van der Waals surface area (Å²) in [5.74, 6) is -0.205. The van der Waals surface area contributed by atoms with E-state index in [2.05, 4.69) is 28.7 Å². The summed E-state index contributed by atoms with van der Waals surface area (Å²) >= 11 is 0. The van der Waals surface area contributed by atoms with Crippen molar-refractivity contribution in [1.29, 1.82) is 0 Å². The molecule has 2 rings (SSSR count). The molecule has 1 N–H and O–H groups in total. The van der Waals surface area contributed by atoms with Gasteiger partial charge in [-0.2, -0.15) is 5.10 Å². The van der Waals surface area contributed by atoms with E-state index in [0.717, 1.165) is 38.4 Å². The molecule has 0 bridgehead atoms. The zero-order valence-corrected chi connectivity index (χ0v) is 12.5. The van der Waals surface area contributed by atoms with Crippen LogP contribution in [0.5, 0.6) is 0 Å². The van der Waals surface area contributed by atoms with Gasteiger partial charge in [-0.1, -0.05) is 13.8 Å². The molecule has 0 unspecified atom stereocenters. The van der Waals surface area contributed by atoms with Crippen molar-refractivity contribution in [3.63, 3.8) is 0 Å². The van der Waals surface area contributed by atoms with Crippen LogP contribution in [0.1, 0.15) is 29.9 Å². The standard InChI is InChI=1S/C14H24N4O2/c1-11(2)9-17-4-6-18(7-5-17)10-13-12(14(19)20)8-15-16(13)3/h8,11H,4-7,9-10H2,1-3H3,(H,19,20). The first-order chi connectivity index (χ1) is 9.47. The van der Waals surface area contributed by atoms with Crippen LogP contribution in [0, 0.1) is 5.92 Å². The number of aromatic nitrogens is 2. The zero-order valence-electron chi connectivity index (χ0n) is 12.5. The van der Waals surface area contributed by atoms with Gasteiger partial charge < -0.3 is 10.0 Å². The van der Waals surface area contributed by atoms with Crippen molar-refractivity contribution in [3.05, 3.63) is 17.5 Å². The van der Waals surface area contributed by atoms with Crippen LogP contribution in [-0.2, 0) is 13.6 Å². The third-order valence-electron chi connectivity index (χ3n) is 3.75. The van der Waals surface area contributed by atoms with Crippen LogP contribution >= 0.6 is 0 Å². The van der Waals surface area contributed by atoms with Gasteiger partial charge in [0.1, 0.15) is 5.56 Å². The quantitative estimate of drug-likeness (QED) is 0.868. The molecular weight excluding hydrogens is 256 g/mol. The molecule has 112 valence electrons. The van der Waals surface area contributed by atoms with Crippen molar-refractivity contribution in [3.8, 4) is 0 Å². The fraction of sp³-hybridized carbons (Fsp3) is 0.714. The van der Waals surface area contributed by atoms with Gasteiger partial charge >= 0.3 is 5.97 Å². The van der Waals surface area contributed by atoms with Crippen molar-refractivity contribution >= 4 is 5.97 Å². The Labute approximate surface area is 120 Å². The molecule has 1 aromatic heterocycles. The molecule has 0 saturated carbocycles. The number of hydrogen-bond donors (Lipinski definition) is 1. The Kier molecular flexibility index (Phi) is 4.77. The van der Waals surface area contributed by atoms with E-state index < -0.39 is 5.97 Å². The molecule has 2 heterocycles. The Morgan fingerprint density at radius 2 is 1.90 bits per heavy atom. The topological polar surface area (TPSA) is 61.6 Å². The number of nitrogens with zero attached hydrogens (tertiary/aromatic N) is 4. The molecule has 6 nitrogen and oxygen atoms in total. The number of aryl methyl sites for hydroxylation is 1. The summed E-state index contributed by atoms with van der Waals surface area (Å²) in [6.07, 6.45) is 1.44. The first-order valence-corrected chi connectivity index (χ1v) is 7.16. The second-order valence-corrected chi connectivity index (χ2v) is 5.90. The third-order valence-corrected chi connectivity index (χ3v) is 3.75. The maximum Gasteiger partial charge on any atom is 0.339 e. The highest BCUT2D eigenvalue weighted by molar-refractivity contribution is 5.88. The second kappa shape index (κ2) is 6.37. The molecule has 1 aliphatic heterocycles. The minimum atomic E-state index is -0.897. The molecule has 6 heteroatoms. The largest absolute Gasteiger partial charge is 0.478 e. The van der Waals surface area contributed by atoms with Crippen LogP contribution in [-0.4, -0.2) is 63.4 Å². The van der Waals surface area contributed by atoms with Crippen LogP contribution in [0.3, 0.4) is 0 Å². The Hall–Kier alpha value is -1.40. The van der Waals surface area contributed by atoms with Crippen molar-refractivity contribution in [2.75, 3.05) is 32.7 Å². The van der Waals surface area contributed by atoms with E-state index in [0.29, 0.717) is 18.0 Å². The number of carbonyl (C=O) groups is 1. The Morgan fingerprint density at radius 3 is 2.45 bits per heavy atom. The van der Waals surface area contributed by atoms with Gasteiger partial charge in [0, 0.05) is 46.3 Å². The first kappa shape index (κ1) is 15.0. The van der Waals surface area contributed by atoms with Crippen LogP contribution in [0.4, 0.5) is 0 Å². The highest BCUT2D eigenvalue weighted by Crippen LogP contribution is 2.13. The lowest BCUT2D eigenvalue weighted by molar-refractivity contribution is 0.0691. The summed E-state index contributed by atoms with van der Waals surface area (Å²) in [7, 11) is 1.80. The summed E-state index contributed by atoms with van der Waals surface area (Å²) in [5, 5.41) is 13.2. The van der Waals surface area contributed by atoms with Gasteiger partial charge in [-0.05, 0) is 5.92 Å². The molecule has 0 aromatic carbocycles. The van der Waals surface area contributed by atoms with Gasteiger partial charge in [0.25, 0.3) is 0 Å². The summed E-state index contributed by atoms with van der Waals surface area (Å²) in [6.45, 7) is 10.3. The fourth-order valence-corrected chi connectivity index (χ4v) is 2.69. The number of hydrogen-bond acceptors (Lipinski definition) is 4. The molecule has 1 aromatic rings. The summed E-state index contributed by atoms with van der Waals surface area (Å²) < 4.78 is 1.67. The molecule has 20 heavy (non-hydrogen) atoms. The van der Waals surface area contributed by atoms with E-state index in [9.17, 15) is 4.79 Å². The summed E-state index contributed by atoms with van der Waals surface area (Å²) in [6, 6.07) is 0. The van der Waals surface area contributed by atoms with Gasteiger partial charge in [0.15, 0.2) is 0 Å². The van der Waals surface area contributed by atoms with E-state index in [1.54, 1.807) is 11.7 Å². The fourth-order valence-electron chi connectivity index (χ4n) is 2.69. The number of carboxylic acids is 1. The number of aromatic carboxylic acids is 1. The maximum absolute atomic E-state index is 11.2. The SMILES string of the molecule is CC(C)CN1CCN(Cc2c(C(=O)O)cnn2C)CC1. The monoisotopic (exact) mass is 280 g/mol. The molecule has 0 atom stereocenters. The molecule has 0 radical (unpaired) electrons. The van der Waals surface area contributed by atoms with Crippen molar-refractivity contribution < 1.29 is 9.90 Å². The van der Waals surface area contributed by atoms with Crippen LogP contribution in [0.15, 0.2) is 6.20 Å². The summed E-state index contributed by atoms with van der Waals surface area (Å²) in [4.78, 5) is 16.0. The van der Waals surface area contributed by atoms with E-state index in [1.807, 2.05) is 0 Å². The van der Waals surface area contributed by atoms with Crippen molar-refractivity contribution in [1.82, 2.24) is 19.6 Å². The lowest BCUT2D eigenvalue weighted by Crippen LogP contribution is -2.47. The van der Waals surface area contributed by atoms with E-state index in [4.69, 9.17) is 5.11 Å². The first-order valence-electron chi connectivity index (χ1n) is 7.16. The number of carboxylic acid groups (broad SMARTS) is 1. The van der Waals surface area contributed by atoms with Crippen LogP contribution in [0.25, 0.3) is 0 Å². The average molecular weight is 280 g/mol. The lowest BCUT2D eigenvalue weighted by Gasteiger charge is -2.35. The van der Waals surface area contributed by atoms with Crippen molar-refractivity contribution in [2.45, 2.75) is 20.4 Å². The van der Waals surface area contributed by atoms with Gasteiger partial charge in [0.2, 0.25) is 0 Å². The van der Waals surface area contributed by atoms with Gasteiger partial charge in [-0.15, -0.1) is 0 Å². The van der Waals surface area contributed by atoms with E-state index >= 15 is 0 Å². The molecule has 0 amide bonds. The summed E-state index contributed by atoms with van der Waals surface area (Å²) in [5.41, 5.74) is 1.10. The predicted molar refractivity (Wildman–Crippen MR) is 76.7 cm³/mol. The van der Waals surface area contributed by atoms with Gasteiger partial charge in [0.05, 0.1) is 11.9 Å². The Bertz CT molecular complexity index is 462. The molecule has 1 aliphatic rings. The van der Waals surface area contributed by atoms with Crippen molar-refractivity contribution in [2.24, 2.45) is 13.0 Å². The Balaban J connectivity index is 1.93. The van der Waals surface area contributed by atoms with Crippen LogP contribution in [0.2, 0.25) is 0 Å². The maximum atomic E-state index is 11.2. The molecule has 0 aliphatic carbocycles. The predicted octanol–water partition coefficient (Wildman–Crippen LogP) is 0.892.